The van der Waals surface area contributed by atoms with Crippen molar-refractivity contribution in [2.75, 3.05) is 25.7 Å². The molecule has 1 aromatic rings. The minimum atomic E-state index is 0.0859. The van der Waals surface area contributed by atoms with E-state index < -0.39 is 0 Å². The van der Waals surface area contributed by atoms with Crippen molar-refractivity contribution in [1.82, 2.24) is 0 Å². The number of rotatable bonds is 5. The van der Waals surface area contributed by atoms with Crippen LogP contribution in [0.3, 0.4) is 0 Å². The van der Waals surface area contributed by atoms with Gasteiger partial charge in [0.25, 0.3) is 0 Å². The quantitative estimate of drug-likeness (QED) is 0.480. The van der Waals surface area contributed by atoms with Crippen molar-refractivity contribution >= 4 is 28.6 Å². The fourth-order valence-corrected chi connectivity index (χ4v) is 2.22. The lowest BCUT2D eigenvalue weighted by Crippen LogP contribution is -2.22. The summed E-state index contributed by atoms with van der Waals surface area (Å²) in [4.78, 5) is 0.875. The smallest absolute Gasteiger partial charge is 0.157 e. The summed E-state index contributed by atoms with van der Waals surface area (Å²) >= 11 is 7.51. The van der Waals surface area contributed by atoms with E-state index in [1.807, 2.05) is 24.3 Å². The van der Waals surface area contributed by atoms with Crippen LogP contribution in [0, 0.1) is 0 Å². The molecule has 2 rings (SSSR count). The van der Waals surface area contributed by atoms with Gasteiger partial charge in [0.15, 0.2) is 6.29 Å². The Labute approximate surface area is 135 Å². The van der Waals surface area contributed by atoms with Crippen LogP contribution in [0.1, 0.15) is 25.7 Å². The minimum absolute atomic E-state index is 0.0859. The molecule has 114 valence electrons. The van der Waals surface area contributed by atoms with Crippen molar-refractivity contribution in [2.45, 2.75) is 36.9 Å². The maximum Gasteiger partial charge on any atom is 0.157 e. The van der Waals surface area contributed by atoms with Crippen molar-refractivity contribution < 1.29 is 14.2 Å². The SMILES string of the molecule is BrCCCOC1CCCCO1.COc1ccccc1S. The summed E-state index contributed by atoms with van der Waals surface area (Å²) in [6.45, 7) is 1.69. The molecule has 3 nitrogen and oxygen atoms in total. The van der Waals surface area contributed by atoms with Crippen LogP contribution in [-0.2, 0) is 9.47 Å². The zero-order valence-electron chi connectivity index (χ0n) is 11.9. The number of benzene rings is 1. The Kier molecular flexibility index (Phi) is 10.2. The Morgan fingerprint density at radius 2 is 2.15 bits per heavy atom. The molecule has 1 aromatic carbocycles. The van der Waals surface area contributed by atoms with Crippen LogP contribution < -0.4 is 4.74 Å². The lowest BCUT2D eigenvalue weighted by atomic mass is 10.2. The first kappa shape index (κ1) is 17.8. The van der Waals surface area contributed by atoms with Gasteiger partial charge in [-0.15, -0.1) is 12.6 Å². The van der Waals surface area contributed by atoms with Gasteiger partial charge in [-0.3, -0.25) is 0 Å². The Hall–Kier alpha value is -0.230. The number of methoxy groups -OCH3 is 1. The number of halogens is 1. The first-order valence-electron chi connectivity index (χ1n) is 6.89. The third kappa shape index (κ3) is 7.53. The molecule has 1 aliphatic rings. The van der Waals surface area contributed by atoms with E-state index in [4.69, 9.17) is 14.2 Å². The van der Waals surface area contributed by atoms with Gasteiger partial charge in [-0.2, -0.15) is 0 Å². The van der Waals surface area contributed by atoms with Crippen LogP contribution in [0.5, 0.6) is 5.75 Å². The molecule has 20 heavy (non-hydrogen) atoms. The van der Waals surface area contributed by atoms with Gasteiger partial charge < -0.3 is 14.2 Å². The van der Waals surface area contributed by atoms with Crippen LogP contribution >= 0.6 is 28.6 Å². The first-order valence-corrected chi connectivity index (χ1v) is 8.46. The molecule has 5 heteroatoms. The maximum absolute atomic E-state index is 5.47. The van der Waals surface area contributed by atoms with Crippen LogP contribution in [0.4, 0.5) is 0 Å². The zero-order valence-corrected chi connectivity index (χ0v) is 14.4. The Morgan fingerprint density at radius 1 is 1.35 bits per heavy atom. The van der Waals surface area contributed by atoms with Gasteiger partial charge >= 0.3 is 0 Å². The molecule has 1 atom stereocenters. The predicted octanol–water partition coefficient (Wildman–Crippen LogP) is 4.30. The molecule has 0 bridgehead atoms. The average Bonchev–Trinajstić information content (AvgIpc) is 2.50. The van der Waals surface area contributed by atoms with Crippen LogP contribution in [-0.4, -0.2) is 31.9 Å². The third-order valence-corrected chi connectivity index (χ3v) is 3.73. The van der Waals surface area contributed by atoms with Gasteiger partial charge in [0, 0.05) is 16.8 Å². The summed E-state index contributed by atoms with van der Waals surface area (Å²) in [5.74, 6) is 0.820. The summed E-state index contributed by atoms with van der Waals surface area (Å²) in [6, 6.07) is 7.60. The molecular formula is C15H23BrO3S. The van der Waals surface area contributed by atoms with Crippen LogP contribution in [0.2, 0.25) is 0 Å². The molecule has 0 amide bonds. The highest BCUT2D eigenvalue weighted by Gasteiger charge is 2.12. The molecule has 1 fully saturated rings. The molecule has 0 N–H and O–H groups in total. The van der Waals surface area contributed by atoms with E-state index in [2.05, 4.69) is 28.6 Å². The monoisotopic (exact) mass is 362 g/mol. The second-order valence-corrected chi connectivity index (χ2v) is 5.66. The normalized spacial score (nSPS) is 18.1. The number of thiol groups is 1. The van der Waals surface area contributed by atoms with Gasteiger partial charge in [0.05, 0.1) is 13.7 Å². The summed E-state index contributed by atoms with van der Waals surface area (Å²) in [5, 5.41) is 1.01. The molecule has 0 spiro atoms. The zero-order chi connectivity index (χ0) is 14.6. The van der Waals surface area contributed by atoms with Crippen molar-refractivity contribution in [3.63, 3.8) is 0 Å². The van der Waals surface area contributed by atoms with Crippen LogP contribution in [0.25, 0.3) is 0 Å². The second-order valence-electron chi connectivity index (χ2n) is 4.38. The lowest BCUT2D eigenvalue weighted by Gasteiger charge is -2.22. The van der Waals surface area contributed by atoms with Gasteiger partial charge in [0.2, 0.25) is 0 Å². The molecule has 0 aromatic heterocycles. The summed E-state index contributed by atoms with van der Waals surface area (Å²) < 4.78 is 15.8. The van der Waals surface area contributed by atoms with Crippen molar-refractivity contribution in [1.29, 1.82) is 0 Å². The van der Waals surface area contributed by atoms with Gasteiger partial charge in [-0.05, 0) is 37.8 Å². The molecule has 0 radical (unpaired) electrons. The molecule has 1 aliphatic heterocycles. The summed E-state index contributed by atoms with van der Waals surface area (Å²) in [5.41, 5.74) is 0. The third-order valence-electron chi connectivity index (χ3n) is 2.80. The van der Waals surface area contributed by atoms with E-state index in [0.717, 1.165) is 42.0 Å². The first-order chi connectivity index (χ1) is 9.77. The Morgan fingerprint density at radius 3 is 2.70 bits per heavy atom. The highest BCUT2D eigenvalue weighted by Crippen LogP contribution is 2.19. The fourth-order valence-electron chi connectivity index (χ4n) is 1.74. The minimum Gasteiger partial charge on any atom is -0.496 e. The molecule has 1 unspecified atom stereocenters. The topological polar surface area (TPSA) is 27.7 Å². The average molecular weight is 363 g/mol. The van der Waals surface area contributed by atoms with E-state index in [9.17, 15) is 0 Å². The fraction of sp³-hybridized carbons (Fsp3) is 0.600. The lowest BCUT2D eigenvalue weighted by molar-refractivity contribution is -0.161. The number of hydrogen-bond acceptors (Lipinski definition) is 4. The highest BCUT2D eigenvalue weighted by molar-refractivity contribution is 9.09. The van der Waals surface area contributed by atoms with Crippen molar-refractivity contribution in [3.05, 3.63) is 24.3 Å². The summed E-state index contributed by atoms with van der Waals surface area (Å²) in [7, 11) is 1.63. The second kappa shape index (κ2) is 11.4. The predicted molar refractivity (Wildman–Crippen MR) is 88.2 cm³/mol. The Bertz CT molecular complexity index is 357. The van der Waals surface area contributed by atoms with E-state index >= 15 is 0 Å². The van der Waals surface area contributed by atoms with Crippen molar-refractivity contribution in [3.8, 4) is 5.75 Å². The molecule has 0 saturated carbocycles. The van der Waals surface area contributed by atoms with E-state index in [1.165, 1.54) is 12.8 Å². The van der Waals surface area contributed by atoms with E-state index in [0.29, 0.717) is 0 Å². The highest BCUT2D eigenvalue weighted by atomic mass is 79.9. The van der Waals surface area contributed by atoms with Crippen LogP contribution in [0.15, 0.2) is 29.2 Å². The standard InChI is InChI=1S/C8H15BrO2.C7H8OS/c9-5-3-7-11-8-4-1-2-6-10-8;1-8-6-4-2-3-5-7(6)9/h8H,1-7H2;2-5,9H,1H3. The van der Waals surface area contributed by atoms with Gasteiger partial charge in [0.1, 0.15) is 5.75 Å². The number of para-hydroxylation sites is 1. The van der Waals surface area contributed by atoms with E-state index in [1.54, 1.807) is 7.11 Å². The largest absolute Gasteiger partial charge is 0.496 e. The van der Waals surface area contributed by atoms with E-state index in [-0.39, 0.29) is 6.29 Å². The number of ether oxygens (including phenoxy) is 3. The molecule has 1 saturated heterocycles. The maximum atomic E-state index is 5.47. The number of hydrogen-bond donors (Lipinski definition) is 1. The van der Waals surface area contributed by atoms with Gasteiger partial charge in [-0.1, -0.05) is 28.1 Å². The molecule has 0 aliphatic carbocycles. The van der Waals surface area contributed by atoms with Crippen molar-refractivity contribution in [2.24, 2.45) is 0 Å². The number of alkyl halides is 1. The van der Waals surface area contributed by atoms with Gasteiger partial charge in [-0.25, -0.2) is 0 Å². The molecular weight excluding hydrogens is 340 g/mol. The Balaban J connectivity index is 0.000000204. The summed E-state index contributed by atoms with van der Waals surface area (Å²) in [6.07, 6.45) is 4.67. The molecule has 1 heterocycles.